The molecule has 3 nitrogen and oxygen atoms in total. The van der Waals surface area contributed by atoms with E-state index >= 15 is 0 Å². The molecule has 2 fully saturated rings. The van der Waals surface area contributed by atoms with Gasteiger partial charge in [-0.1, -0.05) is 12.0 Å². The number of esters is 1. The standard InChI is InChI=1S/C12H15NO2/c1-3-15-12(14)11(13-2)10-7-8-5-4-6-9(8)10/h8-9H,3-7H2,1H3/t8-,9-/m1/s1. The van der Waals surface area contributed by atoms with Crippen molar-refractivity contribution >= 4 is 5.97 Å². The molecule has 2 rings (SSSR count). The average molecular weight is 205 g/mol. The highest BCUT2D eigenvalue weighted by Crippen LogP contribution is 2.52. The molecule has 0 heterocycles. The Morgan fingerprint density at radius 2 is 2.40 bits per heavy atom. The van der Waals surface area contributed by atoms with Crippen LogP contribution in [0.1, 0.15) is 32.6 Å². The van der Waals surface area contributed by atoms with Crippen LogP contribution in [0, 0.1) is 18.4 Å². The van der Waals surface area contributed by atoms with Gasteiger partial charge in [-0.25, -0.2) is 4.85 Å². The Bertz CT molecular complexity index is 351. The van der Waals surface area contributed by atoms with Crippen molar-refractivity contribution in [2.24, 2.45) is 11.8 Å². The Labute approximate surface area is 89.9 Å². The SMILES string of the molecule is [C-]#[N+]C(C(=O)OCC)=C1C[C@H]2CCC[C@@H]12. The predicted octanol–water partition coefficient (Wildman–Crippen LogP) is 2.54. The average Bonchev–Trinajstić information content (AvgIpc) is 2.56. The summed E-state index contributed by atoms with van der Waals surface area (Å²) in [7, 11) is 0. The Morgan fingerprint density at radius 1 is 1.60 bits per heavy atom. The summed E-state index contributed by atoms with van der Waals surface area (Å²) in [5.41, 5.74) is 1.32. The van der Waals surface area contributed by atoms with Gasteiger partial charge in [-0.15, -0.1) is 0 Å². The Hall–Kier alpha value is -1.30. The number of hydrogen-bond acceptors (Lipinski definition) is 2. The minimum atomic E-state index is -0.423. The van der Waals surface area contributed by atoms with E-state index in [2.05, 4.69) is 4.85 Å². The molecule has 0 amide bonds. The van der Waals surface area contributed by atoms with Crippen molar-refractivity contribution in [1.82, 2.24) is 0 Å². The highest BCUT2D eigenvalue weighted by molar-refractivity contribution is 5.91. The Balaban J connectivity index is 2.16. The van der Waals surface area contributed by atoms with Crippen LogP contribution >= 0.6 is 0 Å². The molecule has 2 saturated carbocycles. The Kier molecular flexibility index (Phi) is 2.77. The van der Waals surface area contributed by atoms with E-state index in [1.165, 1.54) is 12.8 Å². The maximum atomic E-state index is 11.5. The third kappa shape index (κ3) is 1.65. The molecule has 0 spiro atoms. The van der Waals surface area contributed by atoms with Crippen LogP contribution < -0.4 is 0 Å². The topological polar surface area (TPSA) is 30.7 Å². The molecular weight excluding hydrogens is 190 g/mol. The van der Waals surface area contributed by atoms with Gasteiger partial charge in [-0.05, 0) is 38.0 Å². The van der Waals surface area contributed by atoms with Crippen molar-refractivity contribution in [1.29, 1.82) is 0 Å². The van der Waals surface area contributed by atoms with Crippen molar-refractivity contribution in [3.63, 3.8) is 0 Å². The molecule has 0 aromatic rings. The summed E-state index contributed by atoms with van der Waals surface area (Å²) in [6, 6.07) is 0. The molecular formula is C12H15NO2. The highest BCUT2D eigenvalue weighted by atomic mass is 16.5. The van der Waals surface area contributed by atoms with E-state index in [0.717, 1.165) is 24.3 Å². The van der Waals surface area contributed by atoms with Gasteiger partial charge in [0.15, 0.2) is 0 Å². The van der Waals surface area contributed by atoms with Crippen LogP contribution in [0.3, 0.4) is 0 Å². The van der Waals surface area contributed by atoms with Crippen LogP contribution in [0.5, 0.6) is 0 Å². The molecule has 0 radical (unpaired) electrons. The number of carbonyl (C=O) groups is 1. The predicted molar refractivity (Wildman–Crippen MR) is 55.7 cm³/mol. The molecule has 0 unspecified atom stereocenters. The molecule has 0 aromatic heterocycles. The minimum absolute atomic E-state index is 0.264. The van der Waals surface area contributed by atoms with Gasteiger partial charge in [0.2, 0.25) is 0 Å². The molecule has 2 atom stereocenters. The molecule has 15 heavy (non-hydrogen) atoms. The quantitative estimate of drug-likeness (QED) is 0.394. The van der Waals surface area contributed by atoms with Crippen molar-refractivity contribution in [2.45, 2.75) is 32.6 Å². The summed E-state index contributed by atoms with van der Waals surface area (Å²) in [5, 5.41) is 0. The lowest BCUT2D eigenvalue weighted by Gasteiger charge is -2.35. The third-order valence-corrected chi connectivity index (χ3v) is 3.47. The summed E-state index contributed by atoms with van der Waals surface area (Å²) in [4.78, 5) is 14.8. The first-order valence-corrected chi connectivity index (χ1v) is 5.55. The van der Waals surface area contributed by atoms with Crippen LogP contribution in [0.25, 0.3) is 4.85 Å². The molecule has 0 aliphatic heterocycles. The number of rotatable bonds is 2. The van der Waals surface area contributed by atoms with Gasteiger partial charge in [0.25, 0.3) is 5.70 Å². The summed E-state index contributed by atoms with van der Waals surface area (Å²) in [6.45, 7) is 9.17. The molecule has 3 heteroatoms. The van der Waals surface area contributed by atoms with E-state index in [4.69, 9.17) is 11.3 Å². The van der Waals surface area contributed by atoms with Gasteiger partial charge in [0.1, 0.15) is 0 Å². The number of nitrogens with zero attached hydrogens (tertiary/aromatic N) is 1. The second-order valence-corrected chi connectivity index (χ2v) is 4.21. The zero-order chi connectivity index (χ0) is 10.8. The van der Waals surface area contributed by atoms with Crippen molar-refractivity contribution in [3.05, 3.63) is 22.7 Å². The van der Waals surface area contributed by atoms with Crippen molar-refractivity contribution < 1.29 is 9.53 Å². The van der Waals surface area contributed by atoms with Gasteiger partial charge in [0, 0.05) is 0 Å². The van der Waals surface area contributed by atoms with Gasteiger partial charge >= 0.3 is 5.97 Å². The van der Waals surface area contributed by atoms with Gasteiger partial charge < -0.3 is 4.74 Å². The fourth-order valence-corrected chi connectivity index (χ4v) is 2.73. The number of hydrogen-bond donors (Lipinski definition) is 0. The second-order valence-electron chi connectivity index (χ2n) is 4.21. The first-order chi connectivity index (χ1) is 7.27. The zero-order valence-electron chi connectivity index (χ0n) is 8.95. The summed E-state index contributed by atoms with van der Waals surface area (Å²) < 4.78 is 4.89. The van der Waals surface area contributed by atoms with Gasteiger partial charge in [0.05, 0.1) is 13.2 Å². The van der Waals surface area contributed by atoms with E-state index in [9.17, 15) is 4.79 Å². The van der Waals surface area contributed by atoms with Crippen molar-refractivity contribution in [3.8, 4) is 0 Å². The number of allylic oxidation sites excluding steroid dienone is 1. The minimum Gasteiger partial charge on any atom is -0.471 e. The van der Waals surface area contributed by atoms with Crippen LogP contribution in [0.2, 0.25) is 0 Å². The zero-order valence-corrected chi connectivity index (χ0v) is 8.95. The number of fused-ring (bicyclic) bond motifs is 1. The van der Waals surface area contributed by atoms with E-state index in [1.807, 2.05) is 0 Å². The molecule has 0 N–H and O–H groups in total. The van der Waals surface area contributed by atoms with Crippen molar-refractivity contribution in [2.75, 3.05) is 6.61 Å². The van der Waals surface area contributed by atoms with E-state index in [0.29, 0.717) is 12.5 Å². The lowest BCUT2D eigenvalue weighted by Crippen LogP contribution is -2.26. The second kappa shape index (κ2) is 4.06. The van der Waals surface area contributed by atoms with Crippen LogP contribution in [-0.2, 0) is 9.53 Å². The lowest BCUT2D eigenvalue weighted by molar-refractivity contribution is -0.138. The third-order valence-electron chi connectivity index (χ3n) is 3.47. The van der Waals surface area contributed by atoms with Gasteiger partial charge in [-0.3, -0.25) is 4.79 Å². The molecule has 0 bridgehead atoms. The molecule has 2 aliphatic carbocycles. The fourth-order valence-electron chi connectivity index (χ4n) is 2.73. The normalized spacial score (nSPS) is 31.2. The first kappa shape index (κ1) is 10.2. The maximum absolute atomic E-state index is 11.5. The summed E-state index contributed by atoms with van der Waals surface area (Å²) >= 11 is 0. The smallest absolute Gasteiger partial charge is 0.336 e. The fraction of sp³-hybridized carbons (Fsp3) is 0.667. The first-order valence-electron chi connectivity index (χ1n) is 5.55. The molecule has 2 aliphatic rings. The monoisotopic (exact) mass is 205 g/mol. The molecule has 0 saturated heterocycles. The number of carbonyl (C=O) groups excluding carboxylic acids is 1. The molecule has 0 aromatic carbocycles. The van der Waals surface area contributed by atoms with E-state index < -0.39 is 5.97 Å². The van der Waals surface area contributed by atoms with Crippen LogP contribution in [-0.4, -0.2) is 12.6 Å². The largest absolute Gasteiger partial charge is 0.471 e. The van der Waals surface area contributed by atoms with Crippen LogP contribution in [0.15, 0.2) is 11.3 Å². The van der Waals surface area contributed by atoms with E-state index in [-0.39, 0.29) is 5.70 Å². The summed E-state index contributed by atoms with van der Waals surface area (Å²) in [6.07, 6.45) is 4.61. The van der Waals surface area contributed by atoms with E-state index in [1.54, 1.807) is 6.92 Å². The van der Waals surface area contributed by atoms with Crippen LogP contribution in [0.4, 0.5) is 0 Å². The van der Waals surface area contributed by atoms with Gasteiger partial charge in [-0.2, -0.15) is 0 Å². The molecule has 80 valence electrons. The Morgan fingerprint density at radius 3 is 3.00 bits per heavy atom. The maximum Gasteiger partial charge on any atom is 0.336 e. The summed E-state index contributed by atoms with van der Waals surface area (Å²) in [5.74, 6) is 0.831. The highest BCUT2D eigenvalue weighted by Gasteiger charge is 2.42. The number of ether oxygens (including phenoxy) is 1. The lowest BCUT2D eigenvalue weighted by atomic mass is 9.70.